The smallest absolute Gasteiger partial charge is 0.456 e. The molecule has 30 heavy (non-hydrogen) atoms. The van der Waals surface area contributed by atoms with E-state index in [-0.39, 0.29) is 18.3 Å². The van der Waals surface area contributed by atoms with Crippen molar-refractivity contribution in [2.75, 3.05) is 0 Å². The molecule has 0 atom stereocenters. The second kappa shape index (κ2) is 6.47. The van der Waals surface area contributed by atoms with Gasteiger partial charge in [0.25, 0.3) is 0 Å². The van der Waals surface area contributed by atoms with Crippen LogP contribution in [0.25, 0.3) is 33.1 Å². The fourth-order valence-corrected chi connectivity index (χ4v) is 4.22. The van der Waals surface area contributed by atoms with Gasteiger partial charge < -0.3 is 13.7 Å². The summed E-state index contributed by atoms with van der Waals surface area (Å²) in [6.07, 6.45) is 0. The number of benzene rings is 3. The Balaban J connectivity index is 1.51. The maximum atomic E-state index is 6.18. The van der Waals surface area contributed by atoms with E-state index < -0.39 is 0 Å². The lowest BCUT2D eigenvalue weighted by molar-refractivity contribution is 0.00578. The molecule has 0 spiro atoms. The summed E-state index contributed by atoms with van der Waals surface area (Å²) in [7, 11) is -0.338. The van der Waals surface area contributed by atoms with Crippen molar-refractivity contribution in [3.8, 4) is 11.1 Å². The molecule has 5 rings (SSSR count). The van der Waals surface area contributed by atoms with Crippen LogP contribution in [0.15, 0.2) is 59.0 Å². The van der Waals surface area contributed by atoms with Crippen molar-refractivity contribution in [2.45, 2.75) is 52.7 Å². The molecule has 4 aromatic rings. The number of rotatable bonds is 2. The zero-order valence-electron chi connectivity index (χ0n) is 18.5. The molecule has 0 aliphatic carbocycles. The van der Waals surface area contributed by atoms with Crippen molar-refractivity contribution < 1.29 is 13.7 Å². The molecule has 1 aliphatic heterocycles. The van der Waals surface area contributed by atoms with Gasteiger partial charge in [0.1, 0.15) is 11.2 Å². The molecule has 3 nitrogen and oxygen atoms in total. The Labute approximate surface area is 178 Å². The molecule has 1 saturated heterocycles. The minimum absolute atomic E-state index is 0.333. The first-order chi connectivity index (χ1) is 14.1. The summed E-state index contributed by atoms with van der Waals surface area (Å²) in [6, 6.07) is 19.3. The van der Waals surface area contributed by atoms with Gasteiger partial charge >= 0.3 is 7.12 Å². The Hall–Kier alpha value is -2.56. The number of aryl methyl sites for hydroxylation is 2. The zero-order valence-corrected chi connectivity index (χ0v) is 18.5. The lowest BCUT2D eigenvalue weighted by Gasteiger charge is -2.32. The maximum absolute atomic E-state index is 6.18. The molecule has 0 unspecified atom stereocenters. The van der Waals surface area contributed by atoms with Crippen LogP contribution < -0.4 is 5.46 Å². The van der Waals surface area contributed by atoms with Gasteiger partial charge in [0.05, 0.1) is 11.2 Å². The Kier molecular flexibility index (Phi) is 4.19. The van der Waals surface area contributed by atoms with Crippen molar-refractivity contribution in [1.29, 1.82) is 0 Å². The molecule has 4 heteroatoms. The van der Waals surface area contributed by atoms with E-state index in [2.05, 4.69) is 96.1 Å². The van der Waals surface area contributed by atoms with Crippen LogP contribution in [-0.4, -0.2) is 18.3 Å². The molecule has 1 fully saturated rings. The highest BCUT2D eigenvalue weighted by atomic mass is 16.7. The molecule has 0 radical (unpaired) electrons. The molecule has 152 valence electrons. The topological polar surface area (TPSA) is 31.6 Å². The van der Waals surface area contributed by atoms with E-state index in [1.54, 1.807) is 0 Å². The van der Waals surface area contributed by atoms with E-state index in [1.165, 1.54) is 22.1 Å². The molecular formula is C26H27BO3. The van der Waals surface area contributed by atoms with Gasteiger partial charge in [-0.2, -0.15) is 0 Å². The molecular weight excluding hydrogens is 371 g/mol. The van der Waals surface area contributed by atoms with E-state index in [0.717, 1.165) is 27.6 Å². The van der Waals surface area contributed by atoms with E-state index in [4.69, 9.17) is 13.7 Å². The fraction of sp³-hybridized carbons (Fsp3) is 0.308. The van der Waals surface area contributed by atoms with E-state index in [9.17, 15) is 0 Å². The summed E-state index contributed by atoms with van der Waals surface area (Å²) in [5.41, 5.74) is 7.04. The Morgan fingerprint density at radius 3 is 2.00 bits per heavy atom. The van der Waals surface area contributed by atoms with Crippen LogP contribution in [0.5, 0.6) is 0 Å². The largest absolute Gasteiger partial charge is 0.494 e. The van der Waals surface area contributed by atoms with Crippen molar-refractivity contribution in [1.82, 2.24) is 0 Å². The van der Waals surface area contributed by atoms with Gasteiger partial charge in [-0.25, -0.2) is 0 Å². The van der Waals surface area contributed by atoms with Crippen LogP contribution in [0.3, 0.4) is 0 Å². The monoisotopic (exact) mass is 398 g/mol. The summed E-state index contributed by atoms with van der Waals surface area (Å²) in [4.78, 5) is 0. The second-order valence-corrected chi connectivity index (χ2v) is 9.48. The quantitative estimate of drug-likeness (QED) is 0.379. The first-order valence-corrected chi connectivity index (χ1v) is 10.5. The lowest BCUT2D eigenvalue weighted by atomic mass is 9.78. The SMILES string of the molecule is Cc1cc(C)c2oc3ccc(-c4ccc(B5OC(C)(C)C(C)(C)O5)cc4)cc3c2c1. The molecule has 1 aliphatic rings. The molecule has 3 aromatic carbocycles. The molecule has 2 heterocycles. The lowest BCUT2D eigenvalue weighted by Crippen LogP contribution is -2.41. The van der Waals surface area contributed by atoms with Crippen molar-refractivity contribution >= 4 is 34.5 Å². The van der Waals surface area contributed by atoms with Crippen LogP contribution in [0.4, 0.5) is 0 Å². The summed E-state index contributed by atoms with van der Waals surface area (Å²) in [5.74, 6) is 0. The summed E-state index contributed by atoms with van der Waals surface area (Å²) in [6.45, 7) is 12.5. The molecule has 0 N–H and O–H groups in total. The minimum Gasteiger partial charge on any atom is -0.456 e. The van der Waals surface area contributed by atoms with E-state index in [0.29, 0.717) is 0 Å². The third-order valence-electron chi connectivity index (χ3n) is 6.67. The number of furan rings is 1. The summed E-state index contributed by atoms with van der Waals surface area (Å²) < 4.78 is 18.5. The highest BCUT2D eigenvalue weighted by Crippen LogP contribution is 2.37. The second-order valence-electron chi connectivity index (χ2n) is 9.48. The summed E-state index contributed by atoms with van der Waals surface area (Å²) in [5, 5.41) is 2.34. The summed E-state index contributed by atoms with van der Waals surface area (Å²) >= 11 is 0. The third kappa shape index (κ3) is 2.98. The van der Waals surface area contributed by atoms with Gasteiger partial charge in [0, 0.05) is 10.8 Å². The Morgan fingerprint density at radius 1 is 0.700 bits per heavy atom. The molecule has 0 bridgehead atoms. The first-order valence-electron chi connectivity index (χ1n) is 10.5. The van der Waals surface area contributed by atoms with Crippen LogP contribution in [0, 0.1) is 13.8 Å². The normalized spacial score (nSPS) is 17.9. The van der Waals surface area contributed by atoms with Gasteiger partial charge in [-0.3, -0.25) is 0 Å². The minimum atomic E-state index is -0.338. The van der Waals surface area contributed by atoms with E-state index >= 15 is 0 Å². The van der Waals surface area contributed by atoms with Gasteiger partial charge in [0.15, 0.2) is 0 Å². The Morgan fingerprint density at radius 2 is 1.33 bits per heavy atom. The average molecular weight is 398 g/mol. The molecule has 0 amide bonds. The molecule has 1 aromatic heterocycles. The van der Waals surface area contributed by atoms with Gasteiger partial charge in [-0.1, -0.05) is 36.4 Å². The fourth-order valence-electron chi connectivity index (χ4n) is 4.22. The van der Waals surface area contributed by atoms with Gasteiger partial charge in [-0.05, 0) is 87.5 Å². The highest BCUT2D eigenvalue weighted by Gasteiger charge is 2.51. The zero-order chi connectivity index (χ0) is 21.3. The average Bonchev–Trinajstić information content (AvgIpc) is 3.15. The number of hydrogen-bond acceptors (Lipinski definition) is 3. The van der Waals surface area contributed by atoms with Gasteiger partial charge in [0.2, 0.25) is 0 Å². The van der Waals surface area contributed by atoms with Crippen LogP contribution in [0.2, 0.25) is 0 Å². The van der Waals surface area contributed by atoms with Crippen LogP contribution >= 0.6 is 0 Å². The number of fused-ring (bicyclic) bond motifs is 3. The standard InChI is InChI=1S/C26H27BO3/c1-16-13-17(2)24-22(14-16)21-15-19(9-12-23(21)28-24)18-7-10-20(11-8-18)27-29-25(3,4)26(5,6)30-27/h7-15H,1-6H3. The highest BCUT2D eigenvalue weighted by molar-refractivity contribution is 6.62. The van der Waals surface area contributed by atoms with Gasteiger partial charge in [-0.15, -0.1) is 0 Å². The maximum Gasteiger partial charge on any atom is 0.494 e. The van der Waals surface area contributed by atoms with Crippen LogP contribution in [-0.2, 0) is 9.31 Å². The third-order valence-corrected chi connectivity index (χ3v) is 6.67. The number of hydrogen-bond donors (Lipinski definition) is 0. The van der Waals surface area contributed by atoms with Crippen LogP contribution in [0.1, 0.15) is 38.8 Å². The first kappa shape index (κ1) is 19.4. The Bertz CT molecular complexity index is 1250. The van der Waals surface area contributed by atoms with Crippen molar-refractivity contribution in [2.24, 2.45) is 0 Å². The predicted octanol–water partition coefficient (Wildman–Crippen LogP) is 6.17. The molecule has 0 saturated carbocycles. The van der Waals surface area contributed by atoms with Crippen molar-refractivity contribution in [3.63, 3.8) is 0 Å². The van der Waals surface area contributed by atoms with E-state index in [1.807, 2.05) is 0 Å². The predicted molar refractivity (Wildman–Crippen MR) is 124 cm³/mol. The van der Waals surface area contributed by atoms with Crippen molar-refractivity contribution in [3.05, 3.63) is 65.7 Å².